The molecule has 3 N–H and O–H groups in total. The van der Waals surface area contributed by atoms with Crippen LogP contribution in [0, 0.1) is 6.92 Å². The third-order valence-corrected chi connectivity index (χ3v) is 3.79. The predicted molar refractivity (Wildman–Crippen MR) is 77.1 cm³/mol. The summed E-state index contributed by atoms with van der Waals surface area (Å²) < 4.78 is 2.10. The van der Waals surface area contributed by atoms with Crippen LogP contribution in [-0.4, -0.2) is 21.1 Å². The van der Waals surface area contributed by atoms with Gasteiger partial charge in [0.2, 0.25) is 0 Å². The number of aryl methyl sites for hydroxylation is 2. The number of nitrogens with two attached hydrogens (primary N) is 1. The van der Waals surface area contributed by atoms with E-state index in [4.69, 9.17) is 5.73 Å². The van der Waals surface area contributed by atoms with Crippen LogP contribution in [0.3, 0.4) is 0 Å². The highest BCUT2D eigenvalue weighted by Gasteiger charge is 2.14. The minimum absolute atomic E-state index is 0.220. The Kier molecular flexibility index (Phi) is 2.87. The lowest BCUT2D eigenvalue weighted by molar-refractivity contribution is 0.821. The molecule has 0 saturated carbocycles. The van der Waals surface area contributed by atoms with Crippen LogP contribution in [0.25, 0.3) is 11.0 Å². The fraction of sp³-hybridized carbons (Fsp3) is 0.267. The monoisotopic (exact) mass is 254 g/mol. The molecule has 0 aliphatic rings. The molecular formula is C15H18N4. The van der Waals surface area contributed by atoms with Crippen molar-refractivity contribution in [1.82, 2.24) is 14.5 Å². The third kappa shape index (κ3) is 1.94. The quantitative estimate of drug-likeness (QED) is 0.753. The van der Waals surface area contributed by atoms with E-state index in [0.29, 0.717) is 6.54 Å². The fourth-order valence-electron chi connectivity index (χ4n) is 2.57. The molecule has 4 nitrogen and oxygen atoms in total. The number of rotatable bonds is 3. The number of nitrogens with one attached hydrogen (secondary N) is 1. The second-order valence-corrected chi connectivity index (χ2v) is 4.90. The van der Waals surface area contributed by atoms with Crippen molar-refractivity contribution in [1.29, 1.82) is 0 Å². The van der Waals surface area contributed by atoms with Gasteiger partial charge in [0.15, 0.2) is 0 Å². The van der Waals surface area contributed by atoms with E-state index in [1.165, 1.54) is 11.1 Å². The highest BCUT2D eigenvalue weighted by Crippen LogP contribution is 2.26. The Bertz CT molecular complexity index is 694. The zero-order chi connectivity index (χ0) is 13.4. The summed E-state index contributed by atoms with van der Waals surface area (Å²) in [6, 6.07) is 8.49. The lowest BCUT2D eigenvalue weighted by Crippen LogP contribution is -2.13. The molecular weight excluding hydrogens is 236 g/mol. The molecule has 1 unspecified atom stereocenters. The molecule has 3 rings (SSSR count). The van der Waals surface area contributed by atoms with Gasteiger partial charge in [0.05, 0.1) is 11.0 Å². The zero-order valence-electron chi connectivity index (χ0n) is 11.2. The molecule has 1 atom stereocenters. The number of aromatic nitrogens is 3. The van der Waals surface area contributed by atoms with Crippen LogP contribution in [0.5, 0.6) is 0 Å². The summed E-state index contributed by atoms with van der Waals surface area (Å²) in [6.45, 7) is 2.61. The fourth-order valence-corrected chi connectivity index (χ4v) is 2.57. The van der Waals surface area contributed by atoms with E-state index in [-0.39, 0.29) is 5.92 Å². The SMILES string of the molecule is Cc1nc2cc(C(CN)c3cc[nH]c3)ccc2n1C. The summed E-state index contributed by atoms with van der Waals surface area (Å²) in [7, 11) is 2.04. The van der Waals surface area contributed by atoms with Crippen molar-refractivity contribution in [2.24, 2.45) is 12.8 Å². The van der Waals surface area contributed by atoms with Gasteiger partial charge in [-0.15, -0.1) is 0 Å². The average molecular weight is 254 g/mol. The Balaban J connectivity index is 2.09. The first-order valence-electron chi connectivity index (χ1n) is 6.46. The highest BCUT2D eigenvalue weighted by atomic mass is 15.0. The molecule has 0 spiro atoms. The molecule has 0 amide bonds. The molecule has 2 aromatic heterocycles. The smallest absolute Gasteiger partial charge is 0.106 e. The first kappa shape index (κ1) is 12.0. The number of benzene rings is 1. The van der Waals surface area contributed by atoms with Crippen LogP contribution < -0.4 is 5.73 Å². The molecule has 0 saturated heterocycles. The molecule has 0 radical (unpaired) electrons. The van der Waals surface area contributed by atoms with Crippen molar-refractivity contribution in [3.05, 3.63) is 53.6 Å². The summed E-state index contributed by atoms with van der Waals surface area (Å²) in [5.74, 6) is 1.25. The summed E-state index contributed by atoms with van der Waals surface area (Å²) in [5.41, 5.74) is 10.6. The Hall–Kier alpha value is -2.07. The lowest BCUT2D eigenvalue weighted by atomic mass is 9.93. The first-order chi connectivity index (χ1) is 9.20. The minimum atomic E-state index is 0.220. The topological polar surface area (TPSA) is 59.6 Å². The molecule has 3 aromatic rings. The van der Waals surface area contributed by atoms with Crippen molar-refractivity contribution in [2.75, 3.05) is 6.54 Å². The number of fused-ring (bicyclic) bond motifs is 1. The minimum Gasteiger partial charge on any atom is -0.367 e. The molecule has 19 heavy (non-hydrogen) atoms. The second-order valence-electron chi connectivity index (χ2n) is 4.90. The van der Waals surface area contributed by atoms with Crippen LogP contribution in [0.1, 0.15) is 22.9 Å². The van der Waals surface area contributed by atoms with Crippen LogP contribution in [0.4, 0.5) is 0 Å². The summed E-state index contributed by atoms with van der Waals surface area (Å²) in [4.78, 5) is 7.68. The van der Waals surface area contributed by atoms with Gasteiger partial charge in [0, 0.05) is 31.9 Å². The van der Waals surface area contributed by atoms with Crippen molar-refractivity contribution in [3.8, 4) is 0 Å². The van der Waals surface area contributed by atoms with Gasteiger partial charge < -0.3 is 15.3 Å². The molecule has 2 heterocycles. The Morgan fingerprint density at radius 3 is 2.84 bits per heavy atom. The number of aromatic amines is 1. The van der Waals surface area contributed by atoms with Crippen molar-refractivity contribution < 1.29 is 0 Å². The summed E-state index contributed by atoms with van der Waals surface area (Å²) >= 11 is 0. The standard InChI is InChI=1S/C15H18N4/c1-10-18-14-7-11(3-4-15(14)19(10)2)13(8-16)12-5-6-17-9-12/h3-7,9,13,17H,8,16H2,1-2H3. The van der Waals surface area contributed by atoms with E-state index in [1.807, 2.05) is 26.4 Å². The number of H-pyrrole nitrogens is 1. The van der Waals surface area contributed by atoms with Crippen molar-refractivity contribution in [3.63, 3.8) is 0 Å². The van der Waals surface area contributed by atoms with Gasteiger partial charge in [-0.3, -0.25) is 0 Å². The van der Waals surface area contributed by atoms with E-state index in [0.717, 1.165) is 16.9 Å². The highest BCUT2D eigenvalue weighted by molar-refractivity contribution is 5.77. The maximum Gasteiger partial charge on any atom is 0.106 e. The number of hydrogen-bond acceptors (Lipinski definition) is 2. The largest absolute Gasteiger partial charge is 0.367 e. The molecule has 0 bridgehead atoms. The van der Waals surface area contributed by atoms with Crippen LogP contribution in [0.15, 0.2) is 36.7 Å². The molecule has 0 aliphatic heterocycles. The molecule has 0 aliphatic carbocycles. The Morgan fingerprint density at radius 1 is 1.32 bits per heavy atom. The number of imidazole rings is 1. The molecule has 0 fully saturated rings. The summed E-state index contributed by atoms with van der Waals surface area (Å²) in [6.07, 6.45) is 3.94. The second kappa shape index (κ2) is 4.55. The maximum atomic E-state index is 5.94. The van der Waals surface area contributed by atoms with Gasteiger partial charge in [0.25, 0.3) is 0 Å². The van der Waals surface area contributed by atoms with E-state index in [2.05, 4.69) is 38.8 Å². The number of hydrogen-bond donors (Lipinski definition) is 2. The van der Waals surface area contributed by atoms with Gasteiger partial charge in [0.1, 0.15) is 5.82 Å². The van der Waals surface area contributed by atoms with E-state index >= 15 is 0 Å². The average Bonchev–Trinajstić information content (AvgIpc) is 3.01. The van der Waals surface area contributed by atoms with E-state index < -0.39 is 0 Å². The Labute approximate surface area is 112 Å². The van der Waals surface area contributed by atoms with Crippen molar-refractivity contribution in [2.45, 2.75) is 12.8 Å². The van der Waals surface area contributed by atoms with Gasteiger partial charge in [-0.25, -0.2) is 4.98 Å². The van der Waals surface area contributed by atoms with Gasteiger partial charge in [-0.05, 0) is 36.2 Å². The zero-order valence-corrected chi connectivity index (χ0v) is 11.2. The van der Waals surface area contributed by atoms with Gasteiger partial charge in [-0.2, -0.15) is 0 Å². The van der Waals surface area contributed by atoms with Crippen LogP contribution in [-0.2, 0) is 7.05 Å². The van der Waals surface area contributed by atoms with Gasteiger partial charge >= 0.3 is 0 Å². The normalized spacial score (nSPS) is 13.0. The summed E-state index contributed by atoms with van der Waals surface area (Å²) in [5, 5.41) is 0. The predicted octanol–water partition coefficient (Wildman–Crippen LogP) is 2.30. The van der Waals surface area contributed by atoms with Crippen LogP contribution >= 0.6 is 0 Å². The van der Waals surface area contributed by atoms with E-state index in [9.17, 15) is 0 Å². The molecule has 98 valence electrons. The van der Waals surface area contributed by atoms with Gasteiger partial charge in [-0.1, -0.05) is 6.07 Å². The third-order valence-electron chi connectivity index (χ3n) is 3.79. The maximum absolute atomic E-state index is 5.94. The molecule has 4 heteroatoms. The van der Waals surface area contributed by atoms with E-state index in [1.54, 1.807) is 0 Å². The number of nitrogens with zero attached hydrogens (tertiary/aromatic N) is 2. The Morgan fingerprint density at radius 2 is 2.16 bits per heavy atom. The first-order valence-corrected chi connectivity index (χ1v) is 6.46. The van der Waals surface area contributed by atoms with Crippen LogP contribution in [0.2, 0.25) is 0 Å². The lowest BCUT2D eigenvalue weighted by Gasteiger charge is -2.13. The van der Waals surface area contributed by atoms with Crippen molar-refractivity contribution >= 4 is 11.0 Å². The molecule has 1 aromatic carbocycles.